The first-order chi connectivity index (χ1) is 6.24. The summed E-state index contributed by atoms with van der Waals surface area (Å²) in [5.74, 6) is 0.239. The number of ketones is 1. The van der Waals surface area contributed by atoms with Crippen LogP contribution in [0.4, 0.5) is 0 Å². The number of Topliss-reactive ketones (excluding diaryl/α,β-unsaturated/α-hetero) is 1. The minimum absolute atomic E-state index is 0.239. The van der Waals surface area contributed by atoms with E-state index in [-0.39, 0.29) is 5.78 Å². The third-order valence-corrected chi connectivity index (χ3v) is 2.08. The van der Waals surface area contributed by atoms with Crippen molar-refractivity contribution in [2.45, 2.75) is 33.1 Å². The molecule has 0 aliphatic heterocycles. The number of aryl methyl sites for hydroxylation is 1. The SMILES string of the molecule is CCCc1ccccc1CC(C)=O. The first-order valence-corrected chi connectivity index (χ1v) is 4.80. The normalized spacial score (nSPS) is 10.0. The molecule has 0 unspecified atom stereocenters. The van der Waals surface area contributed by atoms with Gasteiger partial charge in [-0.15, -0.1) is 0 Å². The minimum atomic E-state index is 0.239. The van der Waals surface area contributed by atoms with Crippen LogP contribution in [-0.4, -0.2) is 5.78 Å². The van der Waals surface area contributed by atoms with Crippen molar-refractivity contribution in [3.63, 3.8) is 0 Å². The fourth-order valence-corrected chi connectivity index (χ4v) is 1.51. The highest BCUT2D eigenvalue weighted by Gasteiger charge is 2.02. The van der Waals surface area contributed by atoms with Crippen molar-refractivity contribution >= 4 is 5.78 Å². The quantitative estimate of drug-likeness (QED) is 0.689. The zero-order chi connectivity index (χ0) is 9.68. The molecule has 0 saturated heterocycles. The van der Waals surface area contributed by atoms with Crippen molar-refractivity contribution < 1.29 is 4.79 Å². The molecule has 0 bridgehead atoms. The molecule has 70 valence electrons. The smallest absolute Gasteiger partial charge is 0.134 e. The van der Waals surface area contributed by atoms with E-state index in [1.165, 1.54) is 11.1 Å². The Morgan fingerprint density at radius 3 is 2.38 bits per heavy atom. The monoisotopic (exact) mass is 176 g/mol. The van der Waals surface area contributed by atoms with Crippen molar-refractivity contribution in [1.29, 1.82) is 0 Å². The van der Waals surface area contributed by atoms with Gasteiger partial charge >= 0.3 is 0 Å². The van der Waals surface area contributed by atoms with Crippen LogP contribution in [0.1, 0.15) is 31.4 Å². The lowest BCUT2D eigenvalue weighted by atomic mass is 9.99. The van der Waals surface area contributed by atoms with Gasteiger partial charge in [-0.25, -0.2) is 0 Å². The van der Waals surface area contributed by atoms with Crippen LogP contribution >= 0.6 is 0 Å². The van der Waals surface area contributed by atoms with Crippen molar-refractivity contribution in [1.82, 2.24) is 0 Å². The van der Waals surface area contributed by atoms with Crippen LogP contribution in [0.5, 0.6) is 0 Å². The predicted octanol–water partition coefficient (Wildman–Crippen LogP) is 2.77. The summed E-state index contributed by atoms with van der Waals surface area (Å²) < 4.78 is 0. The second-order valence-electron chi connectivity index (χ2n) is 3.40. The Hall–Kier alpha value is -1.11. The fourth-order valence-electron chi connectivity index (χ4n) is 1.51. The second-order valence-corrected chi connectivity index (χ2v) is 3.40. The summed E-state index contributed by atoms with van der Waals surface area (Å²) in [5.41, 5.74) is 2.51. The Labute approximate surface area is 79.8 Å². The summed E-state index contributed by atoms with van der Waals surface area (Å²) in [7, 11) is 0. The molecular formula is C12H16O. The van der Waals surface area contributed by atoms with Gasteiger partial charge in [0.2, 0.25) is 0 Å². The van der Waals surface area contributed by atoms with Crippen LogP contribution in [-0.2, 0) is 17.6 Å². The van der Waals surface area contributed by atoms with E-state index in [4.69, 9.17) is 0 Å². The van der Waals surface area contributed by atoms with Crippen LogP contribution in [0.2, 0.25) is 0 Å². The van der Waals surface area contributed by atoms with E-state index >= 15 is 0 Å². The molecule has 0 fully saturated rings. The summed E-state index contributed by atoms with van der Waals surface area (Å²) in [4.78, 5) is 11.0. The van der Waals surface area contributed by atoms with Crippen LogP contribution < -0.4 is 0 Å². The first kappa shape index (κ1) is 9.97. The van der Waals surface area contributed by atoms with Gasteiger partial charge in [0.05, 0.1) is 0 Å². The van der Waals surface area contributed by atoms with Gasteiger partial charge in [-0.2, -0.15) is 0 Å². The fraction of sp³-hybridized carbons (Fsp3) is 0.417. The number of carbonyl (C=O) groups excluding carboxylic acids is 1. The number of hydrogen-bond donors (Lipinski definition) is 0. The zero-order valence-corrected chi connectivity index (χ0v) is 8.34. The van der Waals surface area contributed by atoms with E-state index in [9.17, 15) is 4.79 Å². The Bertz CT molecular complexity index is 289. The van der Waals surface area contributed by atoms with Crippen LogP contribution in [0, 0.1) is 0 Å². The van der Waals surface area contributed by atoms with Crippen molar-refractivity contribution in [2.75, 3.05) is 0 Å². The molecule has 13 heavy (non-hydrogen) atoms. The molecule has 0 atom stereocenters. The standard InChI is InChI=1S/C12H16O/c1-3-6-11-7-4-5-8-12(11)9-10(2)13/h4-5,7-8H,3,6,9H2,1-2H3. The van der Waals surface area contributed by atoms with Gasteiger partial charge < -0.3 is 0 Å². The summed E-state index contributed by atoms with van der Waals surface area (Å²) in [5, 5.41) is 0. The topological polar surface area (TPSA) is 17.1 Å². The molecule has 0 heterocycles. The van der Waals surface area contributed by atoms with Crippen LogP contribution in [0.25, 0.3) is 0 Å². The van der Waals surface area contributed by atoms with E-state index < -0.39 is 0 Å². The van der Waals surface area contributed by atoms with Crippen molar-refractivity contribution in [2.24, 2.45) is 0 Å². The van der Waals surface area contributed by atoms with Gasteiger partial charge in [0.25, 0.3) is 0 Å². The molecule has 0 spiro atoms. The highest BCUT2D eigenvalue weighted by atomic mass is 16.1. The largest absolute Gasteiger partial charge is 0.300 e. The molecule has 0 aromatic heterocycles. The molecule has 0 N–H and O–H groups in total. The van der Waals surface area contributed by atoms with Gasteiger partial charge in [0.1, 0.15) is 5.78 Å². The lowest BCUT2D eigenvalue weighted by Gasteiger charge is -2.05. The third kappa shape index (κ3) is 3.02. The maximum Gasteiger partial charge on any atom is 0.134 e. The summed E-state index contributed by atoms with van der Waals surface area (Å²) in [6.07, 6.45) is 2.79. The molecule has 0 saturated carbocycles. The number of rotatable bonds is 4. The molecule has 0 aliphatic rings. The number of hydrogen-bond acceptors (Lipinski definition) is 1. The molecular weight excluding hydrogens is 160 g/mol. The van der Waals surface area contributed by atoms with Crippen LogP contribution in [0.15, 0.2) is 24.3 Å². The average Bonchev–Trinajstić information content (AvgIpc) is 2.08. The van der Waals surface area contributed by atoms with Crippen LogP contribution in [0.3, 0.4) is 0 Å². The molecule has 0 amide bonds. The summed E-state index contributed by atoms with van der Waals surface area (Å²) in [6.45, 7) is 3.80. The average molecular weight is 176 g/mol. The number of carbonyl (C=O) groups is 1. The molecule has 1 rings (SSSR count). The zero-order valence-electron chi connectivity index (χ0n) is 8.34. The van der Waals surface area contributed by atoms with E-state index in [2.05, 4.69) is 13.0 Å². The van der Waals surface area contributed by atoms with Gasteiger partial charge in [0.15, 0.2) is 0 Å². The summed E-state index contributed by atoms with van der Waals surface area (Å²) in [6, 6.07) is 8.19. The molecule has 0 aliphatic carbocycles. The van der Waals surface area contributed by atoms with Crippen molar-refractivity contribution in [3.8, 4) is 0 Å². The Morgan fingerprint density at radius 1 is 1.23 bits per heavy atom. The highest BCUT2D eigenvalue weighted by molar-refractivity contribution is 5.78. The second kappa shape index (κ2) is 4.80. The Kier molecular flexibility index (Phi) is 3.69. The van der Waals surface area contributed by atoms with Crippen molar-refractivity contribution in [3.05, 3.63) is 35.4 Å². The molecule has 1 nitrogen and oxygen atoms in total. The molecule has 1 heteroatoms. The summed E-state index contributed by atoms with van der Waals surface area (Å²) >= 11 is 0. The van der Waals surface area contributed by atoms with Gasteiger partial charge in [-0.1, -0.05) is 37.6 Å². The minimum Gasteiger partial charge on any atom is -0.300 e. The Morgan fingerprint density at radius 2 is 1.85 bits per heavy atom. The van der Waals surface area contributed by atoms with Gasteiger partial charge in [-0.3, -0.25) is 4.79 Å². The maximum absolute atomic E-state index is 11.0. The van der Waals surface area contributed by atoms with Gasteiger partial charge in [0, 0.05) is 6.42 Å². The number of benzene rings is 1. The predicted molar refractivity (Wildman–Crippen MR) is 54.8 cm³/mol. The third-order valence-electron chi connectivity index (χ3n) is 2.08. The molecule has 1 aromatic rings. The lowest BCUT2D eigenvalue weighted by molar-refractivity contribution is -0.116. The Balaban J connectivity index is 2.84. The first-order valence-electron chi connectivity index (χ1n) is 4.80. The van der Waals surface area contributed by atoms with Gasteiger partial charge in [-0.05, 0) is 24.5 Å². The van der Waals surface area contributed by atoms with E-state index in [0.29, 0.717) is 6.42 Å². The molecule has 0 radical (unpaired) electrons. The molecule has 1 aromatic carbocycles. The van der Waals surface area contributed by atoms with E-state index in [1.807, 2.05) is 18.2 Å². The lowest BCUT2D eigenvalue weighted by Crippen LogP contribution is -2.00. The maximum atomic E-state index is 11.0. The highest BCUT2D eigenvalue weighted by Crippen LogP contribution is 2.11. The van der Waals surface area contributed by atoms with E-state index in [0.717, 1.165) is 12.8 Å². The van der Waals surface area contributed by atoms with E-state index in [1.54, 1.807) is 6.92 Å².